The number of nitrogens with one attached hydrogen (secondary N) is 1. The normalized spacial score (nSPS) is 9.86. The van der Waals surface area contributed by atoms with Crippen molar-refractivity contribution in [2.45, 2.75) is 0 Å². The lowest BCUT2D eigenvalue weighted by atomic mass is 10.2. The standard InChI is InChI=1S/C9H12BrN3O/c10-8-5-6(13-4-3-11)1-2-7(8)9(12)14/h1-2,5,13H,3-4,11H2,(H2,12,14). The van der Waals surface area contributed by atoms with E-state index < -0.39 is 5.91 Å². The summed E-state index contributed by atoms with van der Waals surface area (Å²) in [4.78, 5) is 10.9. The van der Waals surface area contributed by atoms with Crippen molar-refractivity contribution in [2.24, 2.45) is 11.5 Å². The molecule has 0 aliphatic heterocycles. The maximum atomic E-state index is 10.9. The Hall–Kier alpha value is -1.07. The zero-order valence-electron chi connectivity index (χ0n) is 7.59. The lowest BCUT2D eigenvalue weighted by molar-refractivity contribution is 0.0999. The summed E-state index contributed by atoms with van der Waals surface area (Å²) < 4.78 is 0.687. The first kappa shape index (κ1) is 11.0. The topological polar surface area (TPSA) is 81.1 Å². The highest BCUT2D eigenvalue weighted by Crippen LogP contribution is 2.20. The fraction of sp³-hybridized carbons (Fsp3) is 0.222. The summed E-state index contributed by atoms with van der Waals surface area (Å²) in [6.07, 6.45) is 0. The Kier molecular flexibility index (Phi) is 3.91. The van der Waals surface area contributed by atoms with Crippen LogP contribution in [0.25, 0.3) is 0 Å². The van der Waals surface area contributed by atoms with E-state index in [4.69, 9.17) is 11.5 Å². The van der Waals surface area contributed by atoms with Gasteiger partial charge in [0.2, 0.25) is 5.91 Å². The van der Waals surface area contributed by atoms with Gasteiger partial charge in [-0.3, -0.25) is 4.79 Å². The maximum Gasteiger partial charge on any atom is 0.249 e. The van der Waals surface area contributed by atoms with Crippen LogP contribution in [0.5, 0.6) is 0 Å². The molecule has 0 saturated carbocycles. The van der Waals surface area contributed by atoms with Crippen molar-refractivity contribution in [3.05, 3.63) is 28.2 Å². The van der Waals surface area contributed by atoms with Gasteiger partial charge in [-0.2, -0.15) is 0 Å². The Morgan fingerprint density at radius 3 is 2.71 bits per heavy atom. The smallest absolute Gasteiger partial charge is 0.249 e. The number of amides is 1. The van der Waals surface area contributed by atoms with Crippen molar-refractivity contribution in [3.8, 4) is 0 Å². The quantitative estimate of drug-likeness (QED) is 0.751. The number of hydrogen-bond donors (Lipinski definition) is 3. The number of rotatable bonds is 4. The van der Waals surface area contributed by atoms with Crippen LogP contribution in [0.1, 0.15) is 10.4 Å². The zero-order valence-corrected chi connectivity index (χ0v) is 9.17. The first-order chi connectivity index (χ1) is 6.65. The molecule has 0 heterocycles. The fourth-order valence-corrected chi connectivity index (χ4v) is 1.62. The molecule has 0 radical (unpaired) electrons. The molecule has 1 rings (SSSR count). The van der Waals surface area contributed by atoms with Crippen molar-refractivity contribution in [1.82, 2.24) is 0 Å². The van der Waals surface area contributed by atoms with E-state index in [1.165, 1.54) is 0 Å². The predicted molar refractivity (Wildman–Crippen MR) is 60.2 cm³/mol. The lowest BCUT2D eigenvalue weighted by Crippen LogP contribution is -2.14. The summed E-state index contributed by atoms with van der Waals surface area (Å²) in [5.74, 6) is -0.442. The Morgan fingerprint density at radius 2 is 2.21 bits per heavy atom. The van der Waals surface area contributed by atoms with Gasteiger partial charge in [0.1, 0.15) is 0 Å². The molecule has 0 aromatic heterocycles. The molecule has 0 spiro atoms. The van der Waals surface area contributed by atoms with Gasteiger partial charge >= 0.3 is 0 Å². The average molecular weight is 258 g/mol. The van der Waals surface area contributed by atoms with Crippen LogP contribution in [-0.2, 0) is 0 Å². The highest BCUT2D eigenvalue weighted by molar-refractivity contribution is 9.10. The SMILES string of the molecule is NCCNc1ccc(C(N)=O)c(Br)c1. The Labute approximate surface area is 90.8 Å². The second kappa shape index (κ2) is 4.97. The van der Waals surface area contributed by atoms with E-state index in [1.54, 1.807) is 18.2 Å². The molecule has 0 aliphatic rings. The van der Waals surface area contributed by atoms with Gasteiger partial charge in [0.15, 0.2) is 0 Å². The van der Waals surface area contributed by atoms with Crippen LogP contribution < -0.4 is 16.8 Å². The Bertz CT molecular complexity index is 341. The van der Waals surface area contributed by atoms with Gasteiger partial charge in [0, 0.05) is 23.2 Å². The third kappa shape index (κ3) is 2.71. The minimum Gasteiger partial charge on any atom is -0.384 e. The van der Waals surface area contributed by atoms with E-state index >= 15 is 0 Å². The van der Waals surface area contributed by atoms with E-state index in [0.29, 0.717) is 23.1 Å². The molecule has 14 heavy (non-hydrogen) atoms. The maximum absolute atomic E-state index is 10.9. The average Bonchev–Trinajstić information content (AvgIpc) is 2.14. The van der Waals surface area contributed by atoms with Gasteiger partial charge in [-0.25, -0.2) is 0 Å². The molecule has 0 aliphatic carbocycles. The van der Waals surface area contributed by atoms with E-state index in [0.717, 1.165) is 5.69 Å². The number of carbonyl (C=O) groups excluding carboxylic acids is 1. The van der Waals surface area contributed by atoms with Gasteiger partial charge in [-0.05, 0) is 34.1 Å². The van der Waals surface area contributed by atoms with Gasteiger partial charge in [-0.1, -0.05) is 0 Å². The molecule has 0 atom stereocenters. The fourth-order valence-electron chi connectivity index (χ4n) is 1.04. The lowest BCUT2D eigenvalue weighted by Gasteiger charge is -2.06. The van der Waals surface area contributed by atoms with Crippen LogP contribution in [0.3, 0.4) is 0 Å². The number of primary amides is 1. The van der Waals surface area contributed by atoms with Gasteiger partial charge < -0.3 is 16.8 Å². The summed E-state index contributed by atoms with van der Waals surface area (Å²) >= 11 is 3.27. The van der Waals surface area contributed by atoms with Crippen molar-refractivity contribution in [1.29, 1.82) is 0 Å². The molecule has 0 fully saturated rings. The summed E-state index contributed by atoms with van der Waals surface area (Å²) in [6, 6.07) is 5.27. The van der Waals surface area contributed by atoms with Crippen LogP contribution >= 0.6 is 15.9 Å². The first-order valence-electron chi connectivity index (χ1n) is 4.18. The van der Waals surface area contributed by atoms with Crippen molar-refractivity contribution >= 4 is 27.5 Å². The van der Waals surface area contributed by atoms with Crippen molar-refractivity contribution in [3.63, 3.8) is 0 Å². The molecule has 76 valence electrons. The van der Waals surface area contributed by atoms with Gasteiger partial charge in [-0.15, -0.1) is 0 Å². The highest BCUT2D eigenvalue weighted by atomic mass is 79.9. The molecule has 1 aromatic carbocycles. The summed E-state index contributed by atoms with van der Waals surface area (Å²) in [6.45, 7) is 1.26. The number of carbonyl (C=O) groups is 1. The molecule has 5 heteroatoms. The van der Waals surface area contributed by atoms with Crippen LogP contribution in [0.2, 0.25) is 0 Å². The van der Waals surface area contributed by atoms with E-state index in [1.807, 2.05) is 0 Å². The number of halogens is 1. The molecular formula is C9H12BrN3O. The minimum atomic E-state index is -0.442. The summed E-state index contributed by atoms with van der Waals surface area (Å²) in [5, 5.41) is 3.09. The number of benzene rings is 1. The molecule has 0 bridgehead atoms. The molecule has 4 nitrogen and oxygen atoms in total. The van der Waals surface area contributed by atoms with Crippen LogP contribution in [0, 0.1) is 0 Å². The third-order valence-electron chi connectivity index (χ3n) is 1.71. The summed E-state index contributed by atoms with van der Waals surface area (Å²) in [5.41, 5.74) is 11.9. The first-order valence-corrected chi connectivity index (χ1v) is 4.97. The van der Waals surface area contributed by atoms with Crippen LogP contribution in [0.4, 0.5) is 5.69 Å². The predicted octanol–water partition coefficient (Wildman–Crippen LogP) is 0.919. The van der Waals surface area contributed by atoms with E-state index in [-0.39, 0.29) is 0 Å². The number of nitrogens with two attached hydrogens (primary N) is 2. The minimum absolute atomic E-state index is 0.442. The molecule has 1 amide bonds. The number of anilines is 1. The van der Waals surface area contributed by atoms with Gasteiger partial charge in [0.25, 0.3) is 0 Å². The largest absolute Gasteiger partial charge is 0.384 e. The second-order valence-electron chi connectivity index (χ2n) is 2.77. The van der Waals surface area contributed by atoms with Gasteiger partial charge in [0.05, 0.1) is 5.56 Å². The van der Waals surface area contributed by atoms with Crippen LogP contribution in [-0.4, -0.2) is 19.0 Å². The molecule has 0 saturated heterocycles. The monoisotopic (exact) mass is 257 g/mol. The molecule has 5 N–H and O–H groups in total. The zero-order chi connectivity index (χ0) is 10.6. The van der Waals surface area contributed by atoms with E-state index in [9.17, 15) is 4.79 Å². The van der Waals surface area contributed by atoms with E-state index in [2.05, 4.69) is 21.2 Å². The Morgan fingerprint density at radius 1 is 1.50 bits per heavy atom. The Balaban J connectivity index is 2.83. The molecule has 1 aromatic rings. The highest BCUT2D eigenvalue weighted by Gasteiger charge is 2.05. The van der Waals surface area contributed by atoms with Crippen molar-refractivity contribution < 1.29 is 4.79 Å². The number of hydrogen-bond acceptors (Lipinski definition) is 3. The molecular weight excluding hydrogens is 246 g/mol. The second-order valence-corrected chi connectivity index (χ2v) is 3.63. The van der Waals surface area contributed by atoms with Crippen LogP contribution in [0.15, 0.2) is 22.7 Å². The summed E-state index contributed by atoms with van der Waals surface area (Å²) in [7, 11) is 0. The molecule has 0 unspecified atom stereocenters. The van der Waals surface area contributed by atoms with Crippen molar-refractivity contribution in [2.75, 3.05) is 18.4 Å². The third-order valence-corrected chi connectivity index (χ3v) is 2.36.